The van der Waals surface area contributed by atoms with Crippen LogP contribution < -0.4 is 10.6 Å². The predicted octanol–water partition coefficient (Wildman–Crippen LogP) is 2.98. The van der Waals surface area contributed by atoms with E-state index >= 15 is 0 Å². The largest absolute Gasteiger partial charge is 0.455 e. The van der Waals surface area contributed by atoms with Gasteiger partial charge in [-0.05, 0) is 47.5 Å². The molecule has 1 aromatic heterocycles. The summed E-state index contributed by atoms with van der Waals surface area (Å²) in [5.74, 6) is 0.0825. The monoisotopic (exact) mass is 475 g/mol. The number of benzene rings is 3. The van der Waals surface area contributed by atoms with E-state index in [2.05, 4.69) is 10.5 Å². The summed E-state index contributed by atoms with van der Waals surface area (Å²) in [5, 5.41) is 20.4. The molecule has 1 amide bonds. The third-order valence-electron chi connectivity index (χ3n) is 5.16. The van der Waals surface area contributed by atoms with Gasteiger partial charge in [-0.25, -0.2) is 19.0 Å². The first-order valence-corrected chi connectivity index (χ1v) is 11.7. The van der Waals surface area contributed by atoms with Gasteiger partial charge in [-0.3, -0.25) is 4.79 Å². The number of nitrogens with two attached hydrogens (primary N) is 1. The normalized spacial score (nSPS) is 12.1. The first-order chi connectivity index (χ1) is 16.3. The molecule has 3 aromatic carbocycles. The van der Waals surface area contributed by atoms with Gasteiger partial charge in [0.25, 0.3) is 5.91 Å². The maximum Gasteiger partial charge on any atom is 0.281 e. The van der Waals surface area contributed by atoms with E-state index in [-0.39, 0.29) is 4.90 Å². The van der Waals surface area contributed by atoms with E-state index in [0.29, 0.717) is 28.2 Å². The molecule has 1 heterocycles. The van der Waals surface area contributed by atoms with Crippen LogP contribution in [0, 0.1) is 0 Å². The van der Waals surface area contributed by atoms with Crippen molar-refractivity contribution in [1.29, 1.82) is 0 Å². The minimum Gasteiger partial charge on any atom is -0.455 e. The molecule has 0 atom stereocenters. The van der Waals surface area contributed by atoms with Gasteiger partial charge in [-0.1, -0.05) is 60.7 Å². The first kappa shape index (κ1) is 23.1. The number of nitrogens with zero attached hydrogens (tertiary/aromatic N) is 1. The fourth-order valence-corrected chi connectivity index (χ4v) is 3.92. The molecular formula is C25H21N3O5S. The second-order valence-corrected chi connectivity index (χ2v) is 8.97. The fourth-order valence-electron chi connectivity index (χ4n) is 3.41. The lowest BCUT2D eigenvalue weighted by atomic mass is 9.85. The molecule has 34 heavy (non-hydrogen) atoms. The van der Waals surface area contributed by atoms with Gasteiger partial charge < -0.3 is 9.52 Å². The van der Waals surface area contributed by atoms with Crippen molar-refractivity contribution in [2.75, 3.05) is 0 Å². The van der Waals surface area contributed by atoms with Crippen LogP contribution >= 0.6 is 0 Å². The van der Waals surface area contributed by atoms with Gasteiger partial charge in [0, 0.05) is 5.56 Å². The lowest BCUT2D eigenvalue weighted by molar-refractivity contribution is -0.136. The second-order valence-electron chi connectivity index (χ2n) is 7.41. The number of furan rings is 1. The Morgan fingerprint density at radius 2 is 1.44 bits per heavy atom. The van der Waals surface area contributed by atoms with E-state index in [1.165, 1.54) is 18.3 Å². The molecule has 0 saturated heterocycles. The van der Waals surface area contributed by atoms with E-state index in [0.717, 1.165) is 0 Å². The standard InChI is InChI=1S/C25H21N3O5S/c26-34(31,32)22-14-11-18(12-15-22)23-16-13-21(33-23)17-27-28-24(29)25(30,19-7-3-1-4-8-19)20-9-5-2-6-10-20/h1-17,30H,(H,28,29)(H2,26,31,32)/b27-17-. The van der Waals surface area contributed by atoms with Gasteiger partial charge >= 0.3 is 0 Å². The van der Waals surface area contributed by atoms with Crippen molar-refractivity contribution < 1.29 is 22.7 Å². The number of carbonyl (C=O) groups excluding carboxylic acids is 1. The van der Waals surface area contributed by atoms with Crippen molar-refractivity contribution in [2.24, 2.45) is 10.2 Å². The highest BCUT2D eigenvalue weighted by molar-refractivity contribution is 7.89. The molecule has 0 bridgehead atoms. The van der Waals surface area contributed by atoms with Crippen LogP contribution in [0.1, 0.15) is 16.9 Å². The predicted molar refractivity (Wildman–Crippen MR) is 127 cm³/mol. The zero-order valence-electron chi connectivity index (χ0n) is 17.8. The molecule has 0 aliphatic heterocycles. The number of primary sulfonamides is 1. The average Bonchev–Trinajstić information content (AvgIpc) is 3.33. The van der Waals surface area contributed by atoms with E-state index in [9.17, 15) is 18.3 Å². The van der Waals surface area contributed by atoms with Crippen LogP contribution in [0.4, 0.5) is 0 Å². The number of amides is 1. The van der Waals surface area contributed by atoms with Gasteiger partial charge in [0.05, 0.1) is 11.1 Å². The van der Waals surface area contributed by atoms with E-state index in [4.69, 9.17) is 9.56 Å². The Morgan fingerprint density at radius 3 is 1.97 bits per heavy atom. The molecule has 0 fully saturated rings. The maximum absolute atomic E-state index is 13.0. The molecule has 4 rings (SSSR count). The average molecular weight is 476 g/mol. The van der Waals surface area contributed by atoms with Crippen molar-refractivity contribution in [3.8, 4) is 11.3 Å². The Balaban J connectivity index is 1.52. The molecule has 9 heteroatoms. The summed E-state index contributed by atoms with van der Waals surface area (Å²) < 4.78 is 28.5. The molecule has 0 unspecified atom stereocenters. The van der Waals surface area contributed by atoms with Crippen molar-refractivity contribution in [1.82, 2.24) is 5.43 Å². The topological polar surface area (TPSA) is 135 Å². The molecule has 0 aliphatic rings. The second kappa shape index (κ2) is 9.44. The highest BCUT2D eigenvalue weighted by atomic mass is 32.2. The summed E-state index contributed by atoms with van der Waals surface area (Å²) in [5.41, 5.74) is 1.87. The Hall–Kier alpha value is -4.05. The van der Waals surface area contributed by atoms with Crippen LogP contribution in [-0.2, 0) is 20.4 Å². The fraction of sp³-hybridized carbons (Fsp3) is 0.0400. The molecule has 4 aromatic rings. The summed E-state index contributed by atoms with van der Waals surface area (Å²) in [4.78, 5) is 13.0. The number of hydrazone groups is 1. The summed E-state index contributed by atoms with van der Waals surface area (Å²) in [6.45, 7) is 0. The SMILES string of the molecule is NS(=O)(=O)c1ccc(-c2ccc(/C=N\NC(=O)C(O)(c3ccccc3)c3ccccc3)o2)cc1. The van der Waals surface area contributed by atoms with E-state index in [1.54, 1.807) is 84.9 Å². The third kappa shape index (κ3) is 4.81. The number of aliphatic hydroxyl groups is 1. The van der Waals surface area contributed by atoms with Gasteiger partial charge in [0.2, 0.25) is 10.0 Å². The number of nitrogens with one attached hydrogen (secondary N) is 1. The Kier molecular flexibility index (Phi) is 6.42. The molecular weight excluding hydrogens is 454 g/mol. The van der Waals surface area contributed by atoms with Crippen LogP contribution in [-0.4, -0.2) is 25.6 Å². The molecule has 0 saturated carbocycles. The van der Waals surface area contributed by atoms with Crippen molar-refractivity contribution in [3.63, 3.8) is 0 Å². The quantitative estimate of drug-likeness (QED) is 0.279. The van der Waals surface area contributed by atoms with E-state index in [1.807, 2.05) is 0 Å². The first-order valence-electron chi connectivity index (χ1n) is 10.2. The number of hydrogen-bond acceptors (Lipinski definition) is 6. The van der Waals surface area contributed by atoms with Crippen molar-refractivity contribution in [2.45, 2.75) is 10.5 Å². The van der Waals surface area contributed by atoms with Gasteiger partial charge in [0.15, 0.2) is 5.60 Å². The molecule has 172 valence electrons. The summed E-state index contributed by atoms with van der Waals surface area (Å²) >= 11 is 0. The lowest BCUT2D eigenvalue weighted by Gasteiger charge is -2.26. The summed E-state index contributed by atoms with van der Waals surface area (Å²) in [6.07, 6.45) is 1.30. The van der Waals surface area contributed by atoms with E-state index < -0.39 is 21.5 Å². The van der Waals surface area contributed by atoms with Crippen LogP contribution in [0.25, 0.3) is 11.3 Å². The Labute approximate surface area is 196 Å². The van der Waals surface area contributed by atoms with Crippen LogP contribution in [0.3, 0.4) is 0 Å². The summed E-state index contributed by atoms with van der Waals surface area (Å²) in [6, 6.07) is 26.4. The minimum atomic E-state index is -3.78. The smallest absolute Gasteiger partial charge is 0.281 e. The number of hydrogen-bond donors (Lipinski definition) is 3. The third-order valence-corrected chi connectivity index (χ3v) is 6.09. The molecule has 0 spiro atoms. The van der Waals surface area contributed by atoms with Crippen molar-refractivity contribution >= 4 is 22.1 Å². The Bertz CT molecular complexity index is 1370. The number of carbonyl (C=O) groups is 1. The highest BCUT2D eigenvalue weighted by Crippen LogP contribution is 2.30. The molecule has 0 radical (unpaired) electrons. The molecule has 0 aliphatic carbocycles. The van der Waals surface area contributed by atoms with Crippen LogP contribution in [0.15, 0.2) is 111 Å². The van der Waals surface area contributed by atoms with Crippen LogP contribution in [0.5, 0.6) is 0 Å². The zero-order chi connectivity index (χ0) is 24.2. The molecule has 4 N–H and O–H groups in total. The highest BCUT2D eigenvalue weighted by Gasteiger charge is 2.39. The lowest BCUT2D eigenvalue weighted by Crippen LogP contribution is -2.43. The minimum absolute atomic E-state index is 0.00313. The van der Waals surface area contributed by atoms with Crippen LogP contribution in [0.2, 0.25) is 0 Å². The van der Waals surface area contributed by atoms with Gasteiger partial charge in [-0.15, -0.1) is 0 Å². The number of sulfonamides is 1. The summed E-state index contributed by atoms with van der Waals surface area (Å²) in [7, 11) is -3.78. The number of rotatable bonds is 7. The molecule has 8 nitrogen and oxygen atoms in total. The Morgan fingerprint density at radius 1 is 0.882 bits per heavy atom. The maximum atomic E-state index is 13.0. The zero-order valence-corrected chi connectivity index (χ0v) is 18.6. The van der Waals surface area contributed by atoms with Gasteiger partial charge in [-0.2, -0.15) is 5.10 Å². The van der Waals surface area contributed by atoms with Crippen molar-refractivity contribution in [3.05, 3.63) is 114 Å². The van der Waals surface area contributed by atoms with Gasteiger partial charge in [0.1, 0.15) is 11.5 Å².